The van der Waals surface area contributed by atoms with Crippen LogP contribution in [0.2, 0.25) is 0 Å². The van der Waals surface area contributed by atoms with Crippen molar-refractivity contribution < 1.29 is 28.6 Å². The average molecular weight is 427 g/mol. The second-order valence-corrected chi connectivity index (χ2v) is 7.33. The second kappa shape index (κ2) is 10.8. The molecule has 0 saturated carbocycles. The van der Waals surface area contributed by atoms with Crippen LogP contribution in [0.1, 0.15) is 31.9 Å². The molecule has 0 spiro atoms. The van der Waals surface area contributed by atoms with E-state index in [9.17, 15) is 14.4 Å². The van der Waals surface area contributed by atoms with Crippen molar-refractivity contribution >= 4 is 29.9 Å². The van der Waals surface area contributed by atoms with Crippen LogP contribution < -0.4 is 10.6 Å². The number of aromatic nitrogens is 1. The minimum atomic E-state index is -0.842. The fourth-order valence-electron chi connectivity index (χ4n) is 2.33. The van der Waals surface area contributed by atoms with E-state index in [4.69, 9.17) is 14.2 Å². The van der Waals surface area contributed by atoms with Gasteiger partial charge in [-0.15, -0.1) is 0 Å². The zero-order valence-corrected chi connectivity index (χ0v) is 17.8. The largest absolute Gasteiger partial charge is 0.464 e. The maximum Gasteiger partial charge on any atom is 0.412 e. The van der Waals surface area contributed by atoms with E-state index in [2.05, 4.69) is 15.6 Å². The molecule has 2 aromatic rings. The number of nitrogens with zero attached hydrogens (tertiary/aromatic N) is 1. The zero-order valence-electron chi connectivity index (χ0n) is 17.8. The van der Waals surface area contributed by atoms with Gasteiger partial charge in [0.25, 0.3) is 0 Å². The Morgan fingerprint density at radius 3 is 2.42 bits per heavy atom. The molecular weight excluding hydrogens is 402 g/mol. The molecule has 2 rings (SSSR count). The van der Waals surface area contributed by atoms with Crippen molar-refractivity contribution in [3.05, 3.63) is 65.6 Å². The summed E-state index contributed by atoms with van der Waals surface area (Å²) in [6.45, 7) is 5.24. The number of benzene rings is 1. The van der Waals surface area contributed by atoms with Crippen LogP contribution in [0.5, 0.6) is 0 Å². The molecule has 0 unspecified atom stereocenters. The lowest BCUT2D eigenvalue weighted by molar-refractivity contribution is -0.136. The van der Waals surface area contributed by atoms with Gasteiger partial charge in [0.05, 0.1) is 12.8 Å². The van der Waals surface area contributed by atoms with Gasteiger partial charge in [-0.25, -0.2) is 14.4 Å². The first-order valence-electron chi connectivity index (χ1n) is 9.39. The van der Waals surface area contributed by atoms with Crippen molar-refractivity contribution in [2.75, 3.05) is 12.4 Å². The van der Waals surface area contributed by atoms with E-state index < -0.39 is 23.8 Å². The van der Waals surface area contributed by atoms with E-state index in [0.29, 0.717) is 11.3 Å². The van der Waals surface area contributed by atoms with E-state index in [1.54, 1.807) is 32.9 Å². The van der Waals surface area contributed by atoms with E-state index in [0.717, 1.165) is 5.56 Å². The fourth-order valence-corrected chi connectivity index (χ4v) is 2.33. The van der Waals surface area contributed by atoms with Crippen molar-refractivity contribution in [2.45, 2.75) is 33.0 Å². The number of nitrogens with one attached hydrogen (secondary N) is 2. The topological polar surface area (TPSA) is 116 Å². The molecule has 1 heterocycles. The maximum absolute atomic E-state index is 12.2. The number of hydrogen-bond donors (Lipinski definition) is 2. The van der Waals surface area contributed by atoms with Gasteiger partial charge in [0, 0.05) is 18.0 Å². The number of anilines is 1. The average Bonchev–Trinajstić information content (AvgIpc) is 2.72. The van der Waals surface area contributed by atoms with Crippen LogP contribution in [-0.2, 0) is 25.6 Å². The standard InChI is InChI=1S/C22H25N3O6/c1-22(2,3)31-21(28)24-17-10-11-23-13-16(17)12-18(19(26)29-4)25-20(27)30-14-15-8-6-5-7-9-15/h5-13H,14H2,1-4H3,(H,25,27)(H,23,24,28). The number of carbonyl (C=O) groups excluding carboxylic acids is 3. The number of ether oxygens (including phenoxy) is 3. The van der Waals surface area contributed by atoms with E-state index in [1.165, 1.54) is 31.6 Å². The van der Waals surface area contributed by atoms with Crippen LogP contribution in [0.4, 0.5) is 15.3 Å². The summed E-state index contributed by atoms with van der Waals surface area (Å²) >= 11 is 0. The zero-order chi connectivity index (χ0) is 22.9. The van der Waals surface area contributed by atoms with Crippen LogP contribution >= 0.6 is 0 Å². The molecule has 0 aliphatic heterocycles. The number of alkyl carbamates (subject to hydrolysis) is 1. The minimum Gasteiger partial charge on any atom is -0.464 e. The SMILES string of the molecule is COC(=O)C(=Cc1cnccc1NC(=O)OC(C)(C)C)NC(=O)OCc1ccccc1. The third-order valence-corrected chi connectivity index (χ3v) is 3.64. The molecule has 2 amide bonds. The third kappa shape index (κ3) is 8.17. The van der Waals surface area contributed by atoms with E-state index in [1.807, 2.05) is 18.2 Å². The number of hydrogen-bond acceptors (Lipinski definition) is 7. The summed E-state index contributed by atoms with van der Waals surface area (Å²) < 4.78 is 15.1. The first kappa shape index (κ1) is 23.4. The number of esters is 1. The predicted octanol–water partition coefficient (Wildman–Crippen LogP) is 3.87. The Labute approximate surface area is 180 Å². The molecule has 164 valence electrons. The lowest BCUT2D eigenvalue weighted by Gasteiger charge is -2.20. The Morgan fingerprint density at radius 1 is 1.06 bits per heavy atom. The normalized spacial score (nSPS) is 11.3. The molecule has 0 fully saturated rings. The summed E-state index contributed by atoms with van der Waals surface area (Å²) in [6.07, 6.45) is 2.67. The van der Waals surface area contributed by atoms with Crippen LogP contribution in [0.3, 0.4) is 0 Å². The molecular formula is C22H25N3O6. The summed E-state index contributed by atoms with van der Waals surface area (Å²) in [5, 5.41) is 4.95. The lowest BCUT2D eigenvalue weighted by Crippen LogP contribution is -2.29. The molecule has 9 heteroatoms. The molecule has 1 aromatic carbocycles. The molecule has 0 aliphatic carbocycles. The van der Waals surface area contributed by atoms with Crippen LogP contribution in [0, 0.1) is 0 Å². The Balaban J connectivity index is 2.16. The van der Waals surface area contributed by atoms with Gasteiger partial charge in [0.15, 0.2) is 0 Å². The Hall–Kier alpha value is -3.88. The highest BCUT2D eigenvalue weighted by atomic mass is 16.6. The number of pyridine rings is 1. The summed E-state index contributed by atoms with van der Waals surface area (Å²) in [6, 6.07) is 10.6. The van der Waals surface area contributed by atoms with Gasteiger partial charge in [0.1, 0.15) is 17.9 Å². The van der Waals surface area contributed by atoms with Crippen molar-refractivity contribution in [2.24, 2.45) is 0 Å². The minimum absolute atomic E-state index is 0.0272. The van der Waals surface area contributed by atoms with E-state index in [-0.39, 0.29) is 12.3 Å². The van der Waals surface area contributed by atoms with Gasteiger partial charge in [-0.2, -0.15) is 0 Å². The van der Waals surface area contributed by atoms with Crippen molar-refractivity contribution in [1.29, 1.82) is 0 Å². The highest BCUT2D eigenvalue weighted by Crippen LogP contribution is 2.19. The fraction of sp³-hybridized carbons (Fsp3) is 0.273. The summed E-state index contributed by atoms with van der Waals surface area (Å²) in [4.78, 5) is 40.4. The highest BCUT2D eigenvalue weighted by molar-refractivity contribution is 5.98. The molecule has 2 N–H and O–H groups in total. The van der Waals surface area contributed by atoms with Crippen LogP contribution in [-0.4, -0.2) is 35.9 Å². The molecule has 31 heavy (non-hydrogen) atoms. The number of amides is 2. The smallest absolute Gasteiger partial charge is 0.412 e. The number of rotatable bonds is 6. The molecule has 0 atom stereocenters. The Bertz CT molecular complexity index is 951. The molecule has 1 aromatic heterocycles. The van der Waals surface area contributed by atoms with Gasteiger partial charge < -0.3 is 14.2 Å². The Kier molecular flexibility index (Phi) is 8.13. The number of methoxy groups -OCH3 is 1. The molecule has 9 nitrogen and oxygen atoms in total. The van der Waals surface area contributed by atoms with Crippen LogP contribution in [0.15, 0.2) is 54.5 Å². The number of carbonyl (C=O) groups is 3. The lowest BCUT2D eigenvalue weighted by atomic mass is 10.2. The highest BCUT2D eigenvalue weighted by Gasteiger charge is 2.19. The predicted molar refractivity (Wildman–Crippen MR) is 114 cm³/mol. The van der Waals surface area contributed by atoms with Crippen molar-refractivity contribution in [1.82, 2.24) is 10.3 Å². The summed E-state index contributed by atoms with van der Waals surface area (Å²) in [7, 11) is 1.18. The summed E-state index contributed by atoms with van der Waals surface area (Å²) in [5.74, 6) is -0.802. The quantitative estimate of drug-likeness (QED) is 0.408. The maximum atomic E-state index is 12.2. The van der Waals surface area contributed by atoms with Gasteiger partial charge in [-0.05, 0) is 38.5 Å². The summed E-state index contributed by atoms with van der Waals surface area (Å²) in [5.41, 5.74) is 0.578. The van der Waals surface area contributed by atoms with E-state index >= 15 is 0 Å². The van der Waals surface area contributed by atoms with Crippen molar-refractivity contribution in [3.8, 4) is 0 Å². The molecule has 0 bridgehead atoms. The van der Waals surface area contributed by atoms with Gasteiger partial charge >= 0.3 is 18.2 Å². The Morgan fingerprint density at radius 2 is 1.77 bits per heavy atom. The van der Waals surface area contributed by atoms with Gasteiger partial charge in [-0.3, -0.25) is 15.6 Å². The van der Waals surface area contributed by atoms with Gasteiger partial charge in [-0.1, -0.05) is 30.3 Å². The van der Waals surface area contributed by atoms with Gasteiger partial charge in [0.2, 0.25) is 0 Å². The first-order chi connectivity index (χ1) is 14.7. The van der Waals surface area contributed by atoms with Crippen LogP contribution in [0.25, 0.3) is 6.08 Å². The molecule has 0 aliphatic rings. The van der Waals surface area contributed by atoms with Crippen molar-refractivity contribution in [3.63, 3.8) is 0 Å². The third-order valence-electron chi connectivity index (χ3n) is 3.64. The first-order valence-corrected chi connectivity index (χ1v) is 9.39. The molecule has 0 radical (unpaired) electrons. The monoisotopic (exact) mass is 427 g/mol. The molecule has 0 saturated heterocycles. The second-order valence-electron chi connectivity index (χ2n) is 7.33.